The molecule has 0 aliphatic heterocycles. The van der Waals surface area contributed by atoms with E-state index in [0.717, 1.165) is 48.4 Å². The zero-order valence-electron chi connectivity index (χ0n) is 14.6. The molecule has 126 valence electrons. The number of hydrogen-bond acceptors (Lipinski definition) is 4. The van der Waals surface area contributed by atoms with Crippen molar-refractivity contribution in [3.63, 3.8) is 0 Å². The molecule has 0 aromatic carbocycles. The number of nitrogens with one attached hydrogen (secondary N) is 1. The van der Waals surface area contributed by atoms with Gasteiger partial charge in [0.2, 0.25) is 0 Å². The molecule has 0 amide bonds. The second kappa shape index (κ2) is 6.21. The van der Waals surface area contributed by atoms with Crippen molar-refractivity contribution in [1.82, 2.24) is 19.9 Å². The monoisotopic (exact) mass is 316 g/mol. The molecule has 3 atom stereocenters. The van der Waals surface area contributed by atoms with Gasteiger partial charge in [-0.1, -0.05) is 19.8 Å². The van der Waals surface area contributed by atoms with Gasteiger partial charge in [-0.25, -0.2) is 9.50 Å². The van der Waals surface area contributed by atoms with Crippen molar-refractivity contribution in [1.29, 1.82) is 0 Å². The van der Waals surface area contributed by atoms with Crippen molar-refractivity contribution >= 4 is 5.65 Å². The molecule has 3 unspecified atom stereocenters. The Labute approximate surface area is 138 Å². The lowest BCUT2D eigenvalue weighted by atomic mass is 9.73. The molecule has 5 nitrogen and oxygen atoms in total. The van der Waals surface area contributed by atoms with Crippen molar-refractivity contribution < 1.29 is 5.11 Å². The Morgan fingerprint density at radius 1 is 1.43 bits per heavy atom. The molecule has 2 aromatic rings. The SMILES string of the molecule is Cc1cc2ncc(C(C)NCC3(C)CCCCC3O)c(C)n2n1. The molecule has 3 rings (SSSR count). The normalized spacial score (nSPS) is 26.6. The van der Waals surface area contributed by atoms with Gasteiger partial charge in [0.25, 0.3) is 0 Å². The minimum Gasteiger partial charge on any atom is -0.393 e. The summed E-state index contributed by atoms with van der Waals surface area (Å²) >= 11 is 0. The smallest absolute Gasteiger partial charge is 0.155 e. The van der Waals surface area contributed by atoms with E-state index in [9.17, 15) is 5.11 Å². The van der Waals surface area contributed by atoms with Gasteiger partial charge >= 0.3 is 0 Å². The quantitative estimate of drug-likeness (QED) is 0.910. The molecule has 1 fully saturated rings. The van der Waals surface area contributed by atoms with Crippen LogP contribution in [0.25, 0.3) is 5.65 Å². The summed E-state index contributed by atoms with van der Waals surface area (Å²) in [6.07, 6.45) is 6.11. The molecule has 1 aliphatic carbocycles. The van der Waals surface area contributed by atoms with Crippen molar-refractivity contribution in [3.05, 3.63) is 29.2 Å². The van der Waals surface area contributed by atoms with Gasteiger partial charge in [-0.05, 0) is 33.6 Å². The number of aliphatic hydroxyl groups is 1. The first-order chi connectivity index (χ1) is 10.9. The van der Waals surface area contributed by atoms with Gasteiger partial charge in [0.1, 0.15) is 0 Å². The number of aromatic nitrogens is 3. The average molecular weight is 316 g/mol. The van der Waals surface area contributed by atoms with Gasteiger partial charge in [0, 0.05) is 41.5 Å². The Bertz CT molecular complexity index is 696. The fourth-order valence-electron chi connectivity index (χ4n) is 3.69. The summed E-state index contributed by atoms with van der Waals surface area (Å²) in [5, 5.41) is 18.5. The van der Waals surface area contributed by atoms with Gasteiger partial charge in [-0.3, -0.25) is 0 Å². The van der Waals surface area contributed by atoms with E-state index in [2.05, 4.69) is 36.2 Å². The first-order valence-corrected chi connectivity index (χ1v) is 8.64. The van der Waals surface area contributed by atoms with Crippen molar-refractivity contribution in [2.24, 2.45) is 5.41 Å². The maximum atomic E-state index is 10.3. The number of nitrogens with zero attached hydrogens (tertiary/aromatic N) is 3. The minimum atomic E-state index is -0.202. The summed E-state index contributed by atoms with van der Waals surface area (Å²) in [6.45, 7) is 9.25. The van der Waals surface area contributed by atoms with E-state index in [0.29, 0.717) is 0 Å². The summed E-state index contributed by atoms with van der Waals surface area (Å²) in [4.78, 5) is 4.52. The molecule has 0 spiro atoms. The molecule has 2 heterocycles. The predicted molar refractivity (Wildman–Crippen MR) is 91.5 cm³/mol. The van der Waals surface area contributed by atoms with E-state index in [-0.39, 0.29) is 17.6 Å². The van der Waals surface area contributed by atoms with Crippen LogP contribution in [0.5, 0.6) is 0 Å². The summed E-state index contributed by atoms with van der Waals surface area (Å²) in [5.74, 6) is 0. The first-order valence-electron chi connectivity index (χ1n) is 8.64. The van der Waals surface area contributed by atoms with Gasteiger partial charge in [-0.2, -0.15) is 5.10 Å². The minimum absolute atomic E-state index is 0.0275. The summed E-state index contributed by atoms with van der Waals surface area (Å²) in [6, 6.07) is 2.18. The number of rotatable bonds is 4. The zero-order chi connectivity index (χ0) is 16.6. The van der Waals surface area contributed by atoms with Crippen LogP contribution in [-0.4, -0.2) is 32.4 Å². The molecular weight excluding hydrogens is 288 g/mol. The maximum Gasteiger partial charge on any atom is 0.155 e. The predicted octanol–water partition coefficient (Wildman–Crippen LogP) is 2.94. The Morgan fingerprint density at radius 2 is 2.22 bits per heavy atom. The van der Waals surface area contributed by atoms with Crippen LogP contribution in [0.15, 0.2) is 12.3 Å². The molecule has 2 aromatic heterocycles. The van der Waals surface area contributed by atoms with Crippen LogP contribution in [0.2, 0.25) is 0 Å². The third-order valence-corrected chi connectivity index (χ3v) is 5.44. The fourth-order valence-corrected chi connectivity index (χ4v) is 3.69. The highest BCUT2D eigenvalue weighted by atomic mass is 16.3. The average Bonchev–Trinajstić information content (AvgIpc) is 2.90. The lowest BCUT2D eigenvalue weighted by Crippen LogP contribution is -2.44. The van der Waals surface area contributed by atoms with Crippen molar-refractivity contribution in [3.8, 4) is 0 Å². The molecule has 2 N–H and O–H groups in total. The molecule has 5 heteroatoms. The number of aliphatic hydroxyl groups excluding tert-OH is 1. The highest BCUT2D eigenvalue weighted by molar-refractivity contribution is 5.42. The third-order valence-electron chi connectivity index (χ3n) is 5.44. The molecule has 1 aliphatic rings. The van der Waals surface area contributed by atoms with E-state index < -0.39 is 0 Å². The lowest BCUT2D eigenvalue weighted by Gasteiger charge is -2.39. The van der Waals surface area contributed by atoms with Gasteiger partial charge in [-0.15, -0.1) is 0 Å². The highest BCUT2D eigenvalue weighted by Gasteiger charge is 2.35. The second-order valence-electron chi connectivity index (χ2n) is 7.37. The van der Waals surface area contributed by atoms with Crippen molar-refractivity contribution in [2.75, 3.05) is 6.54 Å². The first kappa shape index (κ1) is 16.4. The Hall–Kier alpha value is -1.46. The van der Waals surface area contributed by atoms with E-state index in [4.69, 9.17) is 0 Å². The number of fused-ring (bicyclic) bond motifs is 1. The molecule has 0 radical (unpaired) electrons. The molecule has 23 heavy (non-hydrogen) atoms. The Balaban J connectivity index is 1.75. The highest BCUT2D eigenvalue weighted by Crippen LogP contribution is 2.36. The summed E-state index contributed by atoms with van der Waals surface area (Å²) < 4.78 is 1.92. The van der Waals surface area contributed by atoms with Crippen LogP contribution in [0, 0.1) is 19.3 Å². The van der Waals surface area contributed by atoms with Crippen LogP contribution >= 0.6 is 0 Å². The van der Waals surface area contributed by atoms with Gasteiger partial charge < -0.3 is 10.4 Å². The molecule has 0 saturated heterocycles. The van der Waals surface area contributed by atoms with Crippen LogP contribution in [0.1, 0.15) is 62.5 Å². The summed E-state index contributed by atoms with van der Waals surface area (Å²) in [7, 11) is 0. The largest absolute Gasteiger partial charge is 0.393 e. The van der Waals surface area contributed by atoms with E-state index in [1.54, 1.807) is 0 Å². The summed E-state index contributed by atoms with van der Waals surface area (Å²) in [5.41, 5.74) is 4.13. The van der Waals surface area contributed by atoms with Crippen LogP contribution in [-0.2, 0) is 0 Å². The van der Waals surface area contributed by atoms with E-state index in [1.807, 2.05) is 23.7 Å². The molecule has 1 saturated carbocycles. The van der Waals surface area contributed by atoms with E-state index in [1.165, 1.54) is 6.42 Å². The van der Waals surface area contributed by atoms with Gasteiger partial charge in [0.05, 0.1) is 11.8 Å². The van der Waals surface area contributed by atoms with E-state index >= 15 is 0 Å². The number of aryl methyl sites for hydroxylation is 2. The van der Waals surface area contributed by atoms with Crippen LogP contribution in [0.3, 0.4) is 0 Å². The molecule has 0 bridgehead atoms. The Kier molecular flexibility index (Phi) is 4.43. The Morgan fingerprint density at radius 3 is 2.96 bits per heavy atom. The van der Waals surface area contributed by atoms with Crippen LogP contribution < -0.4 is 5.32 Å². The second-order valence-corrected chi connectivity index (χ2v) is 7.37. The maximum absolute atomic E-state index is 10.3. The van der Waals surface area contributed by atoms with Crippen molar-refractivity contribution in [2.45, 2.75) is 65.5 Å². The fraction of sp³-hybridized carbons (Fsp3) is 0.667. The van der Waals surface area contributed by atoms with Crippen LogP contribution in [0.4, 0.5) is 0 Å². The number of hydrogen-bond donors (Lipinski definition) is 2. The topological polar surface area (TPSA) is 62.5 Å². The molecular formula is C18H28N4O. The lowest BCUT2D eigenvalue weighted by molar-refractivity contribution is -0.0000333. The van der Waals surface area contributed by atoms with Gasteiger partial charge in [0.15, 0.2) is 5.65 Å². The third kappa shape index (κ3) is 3.12. The zero-order valence-corrected chi connectivity index (χ0v) is 14.6. The standard InChI is InChI=1S/C18H28N4O/c1-12-9-17-19-10-15(14(3)22(17)21-12)13(2)20-11-18(4)8-6-5-7-16(18)23/h9-10,13,16,20,23H,5-8,11H2,1-4H3.